The predicted octanol–water partition coefficient (Wildman–Crippen LogP) is 5.49. The first-order chi connectivity index (χ1) is 8.77. The molecule has 1 aromatic carbocycles. The summed E-state index contributed by atoms with van der Waals surface area (Å²) in [6, 6.07) is 10.5. The van der Waals surface area contributed by atoms with Crippen LogP contribution in [0.1, 0.15) is 31.2 Å². The van der Waals surface area contributed by atoms with Gasteiger partial charge in [0, 0.05) is 10.7 Å². The number of thioether (sulfide) groups is 1. The van der Waals surface area contributed by atoms with E-state index in [1.165, 1.54) is 36.8 Å². The highest BCUT2D eigenvalue weighted by atomic mass is 32.2. The Kier molecular flexibility index (Phi) is 4.89. The molecule has 0 saturated carbocycles. The average molecular weight is 256 g/mol. The first kappa shape index (κ1) is 13.2. The van der Waals surface area contributed by atoms with Crippen LogP contribution >= 0.6 is 11.8 Å². The highest BCUT2D eigenvalue weighted by Crippen LogP contribution is 2.33. The molecule has 0 unspecified atom stereocenters. The predicted molar refractivity (Wildman–Crippen MR) is 82.6 cm³/mol. The van der Waals surface area contributed by atoms with E-state index >= 15 is 0 Å². The van der Waals surface area contributed by atoms with Crippen molar-refractivity contribution in [2.45, 2.75) is 31.4 Å². The van der Waals surface area contributed by atoms with Crippen molar-refractivity contribution in [3.8, 4) is 0 Å². The second-order valence-electron chi connectivity index (χ2n) is 4.65. The van der Waals surface area contributed by atoms with Gasteiger partial charge in [0.05, 0.1) is 0 Å². The molecule has 0 fully saturated rings. The lowest BCUT2D eigenvalue weighted by Gasteiger charge is -2.16. The largest absolute Gasteiger partial charge is 0.121 e. The molecule has 0 bridgehead atoms. The maximum atomic E-state index is 4.20. The fraction of sp³-hybridized carbons (Fsp3) is 0.294. The quantitative estimate of drug-likeness (QED) is 0.628. The van der Waals surface area contributed by atoms with E-state index in [1.54, 1.807) is 11.8 Å². The maximum absolute atomic E-state index is 4.20. The van der Waals surface area contributed by atoms with Crippen LogP contribution in [0.4, 0.5) is 0 Å². The van der Waals surface area contributed by atoms with Gasteiger partial charge in [-0.05, 0) is 42.4 Å². The van der Waals surface area contributed by atoms with Gasteiger partial charge < -0.3 is 0 Å². The Labute approximate surface area is 114 Å². The van der Waals surface area contributed by atoms with E-state index in [1.807, 2.05) is 0 Å². The molecule has 18 heavy (non-hydrogen) atoms. The average Bonchev–Trinajstić information content (AvgIpc) is 2.46. The molecule has 2 rings (SSSR count). The van der Waals surface area contributed by atoms with E-state index < -0.39 is 0 Å². The first-order valence-electron chi connectivity index (χ1n) is 6.51. The van der Waals surface area contributed by atoms with Crippen molar-refractivity contribution in [3.05, 3.63) is 71.2 Å². The Balaban J connectivity index is 1.88. The van der Waals surface area contributed by atoms with E-state index in [0.29, 0.717) is 0 Å². The van der Waals surface area contributed by atoms with Crippen molar-refractivity contribution >= 4 is 11.8 Å². The smallest absolute Gasteiger partial charge is 0.0231 e. The lowest BCUT2D eigenvalue weighted by Crippen LogP contribution is -1.96. The van der Waals surface area contributed by atoms with Crippen molar-refractivity contribution in [2.75, 3.05) is 0 Å². The molecule has 0 heterocycles. The van der Waals surface area contributed by atoms with E-state index in [2.05, 4.69) is 49.6 Å². The molecule has 94 valence electrons. The Morgan fingerprint density at radius 3 is 2.56 bits per heavy atom. The van der Waals surface area contributed by atoms with Gasteiger partial charge in [0.25, 0.3) is 0 Å². The summed E-state index contributed by atoms with van der Waals surface area (Å²) < 4.78 is 0. The van der Waals surface area contributed by atoms with Crippen LogP contribution in [0.15, 0.2) is 65.6 Å². The molecular weight excluding hydrogens is 236 g/mol. The third-order valence-electron chi connectivity index (χ3n) is 3.27. The van der Waals surface area contributed by atoms with Crippen molar-refractivity contribution in [2.24, 2.45) is 0 Å². The van der Waals surface area contributed by atoms with Gasteiger partial charge in [-0.3, -0.25) is 0 Å². The highest BCUT2D eigenvalue weighted by Gasteiger charge is 2.10. The summed E-state index contributed by atoms with van der Waals surface area (Å²) >= 11 is 1.80. The lowest BCUT2D eigenvalue weighted by atomic mass is 9.94. The van der Waals surface area contributed by atoms with Crippen molar-refractivity contribution in [1.82, 2.24) is 0 Å². The van der Waals surface area contributed by atoms with Gasteiger partial charge in [-0.15, -0.1) is 11.8 Å². The molecule has 1 aliphatic carbocycles. The molecule has 0 spiro atoms. The Hall–Kier alpha value is -1.21. The molecule has 0 aromatic heterocycles. The van der Waals surface area contributed by atoms with Gasteiger partial charge in [0.1, 0.15) is 0 Å². The fourth-order valence-corrected chi connectivity index (χ4v) is 2.96. The minimum Gasteiger partial charge on any atom is -0.121 e. The Morgan fingerprint density at radius 2 is 1.89 bits per heavy atom. The van der Waals surface area contributed by atoms with Crippen molar-refractivity contribution < 1.29 is 0 Å². The molecule has 0 nitrogen and oxygen atoms in total. The van der Waals surface area contributed by atoms with Crippen LogP contribution < -0.4 is 0 Å². The number of hydrogen-bond donors (Lipinski definition) is 0. The van der Waals surface area contributed by atoms with Crippen LogP contribution in [0.3, 0.4) is 0 Å². The zero-order valence-corrected chi connectivity index (χ0v) is 11.6. The molecule has 0 atom stereocenters. The summed E-state index contributed by atoms with van der Waals surface area (Å²) in [7, 11) is 0. The number of hydrogen-bond acceptors (Lipinski definition) is 1. The Bertz CT molecular complexity index is 454. The zero-order chi connectivity index (χ0) is 12.8. The summed E-state index contributed by atoms with van der Waals surface area (Å²) in [5.41, 5.74) is 3.90. The number of allylic oxidation sites excluding steroid dienone is 3. The fourth-order valence-electron chi connectivity index (χ4n) is 2.12. The molecule has 1 aromatic rings. The second-order valence-corrected chi connectivity index (χ2v) is 5.72. The summed E-state index contributed by atoms with van der Waals surface area (Å²) in [4.78, 5) is 1.12. The topological polar surface area (TPSA) is 0 Å². The van der Waals surface area contributed by atoms with Gasteiger partial charge in [0.15, 0.2) is 0 Å². The van der Waals surface area contributed by atoms with E-state index in [-0.39, 0.29) is 0 Å². The molecule has 0 N–H and O–H groups in total. The van der Waals surface area contributed by atoms with Gasteiger partial charge in [-0.2, -0.15) is 0 Å². The van der Waals surface area contributed by atoms with Crippen molar-refractivity contribution in [1.29, 1.82) is 0 Å². The minimum atomic E-state index is 0.978. The summed E-state index contributed by atoms with van der Waals surface area (Å²) in [5, 5.41) is 0. The molecule has 0 amide bonds. The van der Waals surface area contributed by atoms with Crippen molar-refractivity contribution in [3.63, 3.8) is 0 Å². The molecule has 1 heteroatoms. The molecule has 0 aliphatic heterocycles. The SMILES string of the molecule is C=C(SCc1ccccc1)C(=C)C1=CCCCC1. The van der Waals surface area contributed by atoms with E-state index in [4.69, 9.17) is 0 Å². The van der Waals surface area contributed by atoms with Gasteiger partial charge in [-0.25, -0.2) is 0 Å². The molecular formula is C17H20S. The maximum Gasteiger partial charge on any atom is 0.0231 e. The van der Waals surface area contributed by atoms with Gasteiger partial charge in [0.2, 0.25) is 0 Å². The van der Waals surface area contributed by atoms with Crippen LogP contribution in [0.25, 0.3) is 0 Å². The molecule has 1 aliphatic rings. The lowest BCUT2D eigenvalue weighted by molar-refractivity contribution is 0.708. The minimum absolute atomic E-state index is 0.978. The number of benzene rings is 1. The standard InChI is InChI=1S/C17H20S/c1-14(17-11-7-4-8-12-17)15(2)18-13-16-9-5-3-6-10-16/h3,5-6,9-11H,1-2,4,7-8,12-13H2. The second kappa shape index (κ2) is 6.65. The monoisotopic (exact) mass is 256 g/mol. The zero-order valence-electron chi connectivity index (χ0n) is 10.8. The third-order valence-corrected chi connectivity index (χ3v) is 4.34. The summed E-state index contributed by atoms with van der Waals surface area (Å²) in [6.45, 7) is 8.37. The third kappa shape index (κ3) is 3.64. The van der Waals surface area contributed by atoms with E-state index in [0.717, 1.165) is 16.2 Å². The van der Waals surface area contributed by atoms with Gasteiger partial charge >= 0.3 is 0 Å². The normalized spacial score (nSPS) is 15.0. The van der Waals surface area contributed by atoms with Crippen LogP contribution in [-0.2, 0) is 5.75 Å². The van der Waals surface area contributed by atoms with Crippen LogP contribution in [0, 0.1) is 0 Å². The molecule has 0 saturated heterocycles. The van der Waals surface area contributed by atoms with E-state index in [9.17, 15) is 0 Å². The number of rotatable bonds is 5. The van der Waals surface area contributed by atoms with Gasteiger partial charge in [-0.1, -0.05) is 49.6 Å². The summed E-state index contributed by atoms with van der Waals surface area (Å²) in [6.07, 6.45) is 7.32. The Morgan fingerprint density at radius 1 is 1.11 bits per heavy atom. The van der Waals surface area contributed by atoms with Crippen LogP contribution in [-0.4, -0.2) is 0 Å². The molecule has 0 radical (unpaired) electrons. The van der Waals surface area contributed by atoms with Crippen LogP contribution in [0.5, 0.6) is 0 Å². The van der Waals surface area contributed by atoms with Crippen LogP contribution in [0.2, 0.25) is 0 Å². The summed E-state index contributed by atoms with van der Waals surface area (Å²) in [5.74, 6) is 0.978. The first-order valence-corrected chi connectivity index (χ1v) is 7.50. The highest BCUT2D eigenvalue weighted by molar-refractivity contribution is 8.02.